The summed E-state index contributed by atoms with van der Waals surface area (Å²) in [5.41, 5.74) is 0. The molecular formula is C23H40O5S. The first kappa shape index (κ1) is 26.1. The number of unbranched alkanes of at least 4 members (excludes halogenated alkanes) is 10. The molecule has 0 aromatic heterocycles. The van der Waals surface area contributed by atoms with Crippen molar-refractivity contribution in [2.75, 3.05) is 33.0 Å². The minimum absolute atomic E-state index is 0.00975. The van der Waals surface area contributed by atoms with E-state index in [0.717, 1.165) is 13.0 Å². The fourth-order valence-electron chi connectivity index (χ4n) is 3.05. The number of hydrogen-bond acceptors (Lipinski definition) is 5. The van der Waals surface area contributed by atoms with E-state index < -0.39 is 10.1 Å². The Morgan fingerprint density at radius 3 is 1.69 bits per heavy atom. The summed E-state index contributed by atoms with van der Waals surface area (Å²) in [5.74, 6) is 0. The zero-order chi connectivity index (χ0) is 21.0. The molecule has 0 saturated carbocycles. The van der Waals surface area contributed by atoms with Gasteiger partial charge in [-0.2, -0.15) is 8.42 Å². The van der Waals surface area contributed by atoms with Crippen LogP contribution in [0.4, 0.5) is 0 Å². The Morgan fingerprint density at radius 2 is 1.10 bits per heavy atom. The average molecular weight is 429 g/mol. The first-order valence-electron chi connectivity index (χ1n) is 11.3. The summed E-state index contributed by atoms with van der Waals surface area (Å²) in [6.07, 6.45) is 14.6. The molecule has 5 nitrogen and oxygen atoms in total. The third kappa shape index (κ3) is 14.6. The van der Waals surface area contributed by atoms with Gasteiger partial charge in [-0.05, 0) is 18.6 Å². The second-order valence-electron chi connectivity index (χ2n) is 7.35. The van der Waals surface area contributed by atoms with Crippen molar-refractivity contribution in [3.8, 4) is 0 Å². The van der Waals surface area contributed by atoms with E-state index in [1.165, 1.54) is 76.3 Å². The van der Waals surface area contributed by atoms with Crippen LogP contribution in [0.25, 0.3) is 0 Å². The standard InChI is InChI=1S/C23H40O5S/c1-2-3-4-5-6-7-8-9-10-11-15-18-26-19-20-27-21-22-28-29(24,25)23-16-13-12-14-17-23/h12-14,16-17H,2-11,15,18-22H2,1H3. The lowest BCUT2D eigenvalue weighted by Crippen LogP contribution is -2.13. The largest absolute Gasteiger partial charge is 0.379 e. The molecule has 0 heterocycles. The van der Waals surface area contributed by atoms with E-state index in [2.05, 4.69) is 6.92 Å². The van der Waals surface area contributed by atoms with Crippen LogP contribution in [0.15, 0.2) is 35.2 Å². The molecule has 0 amide bonds. The summed E-state index contributed by atoms with van der Waals surface area (Å²) < 4.78 is 39.7. The lowest BCUT2D eigenvalue weighted by molar-refractivity contribution is 0.0359. The SMILES string of the molecule is CCCCCCCCCCCCCOCCOCCOS(=O)(=O)c1ccccc1. The van der Waals surface area contributed by atoms with Crippen LogP contribution in [0.1, 0.15) is 77.6 Å². The van der Waals surface area contributed by atoms with E-state index in [4.69, 9.17) is 13.7 Å². The maximum Gasteiger partial charge on any atom is 0.297 e. The molecule has 0 unspecified atom stereocenters. The van der Waals surface area contributed by atoms with Crippen LogP contribution in [0, 0.1) is 0 Å². The van der Waals surface area contributed by atoms with Gasteiger partial charge in [0.2, 0.25) is 0 Å². The fourth-order valence-corrected chi connectivity index (χ4v) is 3.96. The van der Waals surface area contributed by atoms with Gasteiger partial charge in [-0.15, -0.1) is 0 Å². The highest BCUT2D eigenvalue weighted by molar-refractivity contribution is 7.86. The molecule has 0 spiro atoms. The average Bonchev–Trinajstić information content (AvgIpc) is 2.73. The van der Waals surface area contributed by atoms with Crippen LogP contribution in [0.5, 0.6) is 0 Å². The summed E-state index contributed by atoms with van der Waals surface area (Å²) in [5, 5.41) is 0. The van der Waals surface area contributed by atoms with E-state index in [1.54, 1.807) is 18.2 Å². The quantitative estimate of drug-likeness (QED) is 0.196. The van der Waals surface area contributed by atoms with E-state index in [9.17, 15) is 8.42 Å². The number of hydrogen-bond donors (Lipinski definition) is 0. The predicted molar refractivity (Wildman–Crippen MR) is 118 cm³/mol. The van der Waals surface area contributed by atoms with Crippen molar-refractivity contribution in [2.45, 2.75) is 82.4 Å². The Balaban J connectivity index is 1.80. The van der Waals surface area contributed by atoms with Crippen LogP contribution >= 0.6 is 0 Å². The molecule has 1 aromatic rings. The van der Waals surface area contributed by atoms with Crippen LogP contribution in [0.3, 0.4) is 0 Å². The van der Waals surface area contributed by atoms with Crippen molar-refractivity contribution >= 4 is 10.1 Å². The van der Waals surface area contributed by atoms with Crippen molar-refractivity contribution < 1.29 is 22.1 Å². The van der Waals surface area contributed by atoms with Gasteiger partial charge in [-0.3, -0.25) is 4.18 Å². The lowest BCUT2D eigenvalue weighted by Gasteiger charge is -2.07. The zero-order valence-corrected chi connectivity index (χ0v) is 19.0. The molecule has 6 heteroatoms. The van der Waals surface area contributed by atoms with Crippen molar-refractivity contribution in [3.05, 3.63) is 30.3 Å². The Morgan fingerprint density at radius 1 is 0.621 bits per heavy atom. The van der Waals surface area contributed by atoms with Gasteiger partial charge >= 0.3 is 0 Å². The van der Waals surface area contributed by atoms with Crippen molar-refractivity contribution in [1.29, 1.82) is 0 Å². The molecule has 0 atom stereocenters. The molecule has 0 fully saturated rings. The Hall–Kier alpha value is -0.950. The van der Waals surface area contributed by atoms with Gasteiger partial charge in [-0.1, -0.05) is 89.3 Å². The molecule has 0 aliphatic heterocycles. The van der Waals surface area contributed by atoms with Gasteiger partial charge in [-0.25, -0.2) is 0 Å². The fraction of sp³-hybridized carbons (Fsp3) is 0.739. The molecule has 0 radical (unpaired) electrons. The molecule has 0 aliphatic rings. The lowest BCUT2D eigenvalue weighted by atomic mass is 10.1. The highest BCUT2D eigenvalue weighted by atomic mass is 32.2. The normalized spacial score (nSPS) is 11.8. The second kappa shape index (κ2) is 17.9. The minimum atomic E-state index is -3.69. The number of ether oxygens (including phenoxy) is 2. The van der Waals surface area contributed by atoms with E-state index in [0.29, 0.717) is 13.2 Å². The van der Waals surface area contributed by atoms with Crippen LogP contribution in [0.2, 0.25) is 0 Å². The summed E-state index contributed by atoms with van der Waals surface area (Å²) in [6, 6.07) is 8.12. The Kier molecular flexibility index (Phi) is 16.1. The summed E-state index contributed by atoms with van der Waals surface area (Å²) >= 11 is 0. The smallest absolute Gasteiger partial charge is 0.297 e. The highest BCUT2D eigenvalue weighted by Crippen LogP contribution is 2.12. The van der Waals surface area contributed by atoms with Crippen molar-refractivity contribution in [3.63, 3.8) is 0 Å². The Labute approximate surface area is 178 Å². The van der Waals surface area contributed by atoms with Crippen LogP contribution in [-0.2, 0) is 23.8 Å². The molecule has 0 saturated heterocycles. The minimum Gasteiger partial charge on any atom is -0.379 e. The van der Waals surface area contributed by atoms with E-state index in [1.807, 2.05) is 0 Å². The molecule has 1 aromatic carbocycles. The second-order valence-corrected chi connectivity index (χ2v) is 8.96. The number of benzene rings is 1. The van der Waals surface area contributed by atoms with Gasteiger partial charge in [0.05, 0.1) is 31.3 Å². The molecule has 1 rings (SSSR count). The Bertz CT molecular complexity index is 574. The maximum atomic E-state index is 11.9. The molecule has 0 N–H and O–H groups in total. The summed E-state index contributed by atoms with van der Waals surface area (Å²) in [7, 11) is -3.69. The molecule has 0 aliphatic carbocycles. The van der Waals surface area contributed by atoms with Crippen molar-refractivity contribution in [1.82, 2.24) is 0 Å². The van der Waals surface area contributed by atoms with Crippen LogP contribution in [-0.4, -0.2) is 41.5 Å². The molecule has 0 bridgehead atoms. The van der Waals surface area contributed by atoms with Gasteiger partial charge in [0.1, 0.15) is 0 Å². The topological polar surface area (TPSA) is 61.8 Å². The first-order valence-corrected chi connectivity index (χ1v) is 12.7. The van der Waals surface area contributed by atoms with Crippen LogP contribution < -0.4 is 0 Å². The van der Waals surface area contributed by atoms with Gasteiger partial charge in [0.25, 0.3) is 10.1 Å². The van der Waals surface area contributed by atoms with E-state index in [-0.39, 0.29) is 18.1 Å². The first-order chi connectivity index (χ1) is 14.2. The van der Waals surface area contributed by atoms with Crippen molar-refractivity contribution in [2.24, 2.45) is 0 Å². The highest BCUT2D eigenvalue weighted by Gasteiger charge is 2.13. The van der Waals surface area contributed by atoms with Gasteiger partial charge in [0, 0.05) is 6.61 Å². The zero-order valence-electron chi connectivity index (χ0n) is 18.1. The monoisotopic (exact) mass is 428 g/mol. The summed E-state index contributed by atoms with van der Waals surface area (Å²) in [6.45, 7) is 4.24. The van der Waals surface area contributed by atoms with E-state index >= 15 is 0 Å². The third-order valence-electron chi connectivity index (χ3n) is 4.76. The number of rotatable bonds is 20. The maximum absolute atomic E-state index is 11.9. The third-order valence-corrected chi connectivity index (χ3v) is 6.09. The summed E-state index contributed by atoms with van der Waals surface area (Å²) in [4.78, 5) is 0.162. The molecular weight excluding hydrogens is 388 g/mol. The molecule has 29 heavy (non-hydrogen) atoms. The predicted octanol–water partition coefficient (Wildman–Crippen LogP) is 5.74. The molecule has 168 valence electrons. The van der Waals surface area contributed by atoms with Gasteiger partial charge < -0.3 is 9.47 Å². The van der Waals surface area contributed by atoms with Gasteiger partial charge in [0.15, 0.2) is 0 Å².